The molecule has 0 unspecified atom stereocenters. The summed E-state index contributed by atoms with van der Waals surface area (Å²) in [7, 11) is 0. The number of benzene rings is 1. The van der Waals surface area contributed by atoms with Crippen molar-refractivity contribution in [2.75, 3.05) is 26.2 Å². The highest BCUT2D eigenvalue weighted by atomic mass is 16.5. The van der Waals surface area contributed by atoms with Crippen LogP contribution in [0.2, 0.25) is 0 Å². The number of aryl methyl sites for hydroxylation is 1. The molecule has 3 nitrogen and oxygen atoms in total. The molecule has 0 bridgehead atoms. The third kappa shape index (κ3) is 3.53. The first-order valence-corrected chi connectivity index (χ1v) is 7.61. The van der Waals surface area contributed by atoms with E-state index in [9.17, 15) is 5.11 Å². The summed E-state index contributed by atoms with van der Waals surface area (Å²) in [6.07, 6.45) is 0.834. The Morgan fingerprint density at radius 2 is 2.05 bits per heavy atom. The first-order chi connectivity index (χ1) is 9.43. The molecule has 0 radical (unpaired) electrons. The molecule has 1 fully saturated rings. The number of hydrogen-bond acceptors (Lipinski definition) is 3. The second-order valence-electron chi connectivity index (χ2n) is 6.31. The highest BCUT2D eigenvalue weighted by Crippen LogP contribution is 2.25. The predicted molar refractivity (Wildman–Crippen MR) is 82.4 cm³/mol. The largest absolute Gasteiger partial charge is 0.492 e. The molecule has 1 N–H and O–H groups in total. The lowest BCUT2D eigenvalue weighted by atomic mass is 9.91. The van der Waals surface area contributed by atoms with E-state index < -0.39 is 5.60 Å². The molecule has 1 heterocycles. The Morgan fingerprint density at radius 1 is 1.35 bits per heavy atom. The number of aliphatic hydroxyl groups is 1. The van der Waals surface area contributed by atoms with Crippen LogP contribution in [0.25, 0.3) is 0 Å². The van der Waals surface area contributed by atoms with E-state index in [1.54, 1.807) is 0 Å². The highest BCUT2D eigenvalue weighted by Gasteiger charge is 2.38. The van der Waals surface area contributed by atoms with Crippen LogP contribution in [0, 0.1) is 6.92 Å². The van der Waals surface area contributed by atoms with Gasteiger partial charge in [0.2, 0.25) is 0 Å². The van der Waals surface area contributed by atoms with E-state index in [2.05, 4.69) is 43.9 Å². The van der Waals surface area contributed by atoms with Crippen LogP contribution in [0.4, 0.5) is 0 Å². The molecule has 0 amide bonds. The second-order valence-corrected chi connectivity index (χ2v) is 6.31. The zero-order valence-electron chi connectivity index (χ0n) is 13.1. The fourth-order valence-electron chi connectivity index (χ4n) is 2.85. The number of β-amino-alcohol motifs (C(OH)–C–C–N with tert-alkyl or cyclic N) is 1. The first kappa shape index (κ1) is 15.3. The number of ether oxygens (including phenoxy) is 1. The van der Waals surface area contributed by atoms with E-state index in [0.717, 1.165) is 31.8 Å². The zero-order chi connectivity index (χ0) is 14.8. The van der Waals surface area contributed by atoms with E-state index in [-0.39, 0.29) is 0 Å². The number of rotatable bonds is 6. The number of likely N-dealkylation sites (tertiary alicyclic amines) is 1. The van der Waals surface area contributed by atoms with Crippen molar-refractivity contribution in [2.45, 2.75) is 45.6 Å². The predicted octanol–water partition coefficient (Wildman–Crippen LogP) is 2.95. The van der Waals surface area contributed by atoms with Crippen LogP contribution < -0.4 is 4.74 Å². The Labute approximate surface area is 122 Å². The van der Waals surface area contributed by atoms with Gasteiger partial charge in [0.1, 0.15) is 12.4 Å². The zero-order valence-corrected chi connectivity index (χ0v) is 13.1. The molecular weight excluding hydrogens is 250 g/mol. The minimum atomic E-state index is -0.449. The fourth-order valence-corrected chi connectivity index (χ4v) is 2.85. The molecule has 20 heavy (non-hydrogen) atoms. The molecule has 0 aliphatic carbocycles. The van der Waals surface area contributed by atoms with E-state index >= 15 is 0 Å². The van der Waals surface area contributed by atoms with Gasteiger partial charge in [0.05, 0.1) is 5.60 Å². The summed E-state index contributed by atoms with van der Waals surface area (Å²) in [5.41, 5.74) is 2.23. The Bertz CT molecular complexity index is 450. The van der Waals surface area contributed by atoms with Gasteiger partial charge < -0.3 is 9.84 Å². The van der Waals surface area contributed by atoms with Gasteiger partial charge in [-0.3, -0.25) is 4.90 Å². The van der Waals surface area contributed by atoms with Crippen LogP contribution >= 0.6 is 0 Å². The summed E-state index contributed by atoms with van der Waals surface area (Å²) >= 11 is 0. The van der Waals surface area contributed by atoms with E-state index in [1.165, 1.54) is 11.1 Å². The van der Waals surface area contributed by atoms with Gasteiger partial charge in [0.25, 0.3) is 0 Å². The van der Waals surface area contributed by atoms with E-state index in [1.807, 2.05) is 6.92 Å². The molecule has 3 heteroatoms. The second kappa shape index (κ2) is 6.15. The van der Waals surface area contributed by atoms with Gasteiger partial charge in [-0.15, -0.1) is 0 Å². The topological polar surface area (TPSA) is 32.7 Å². The maximum absolute atomic E-state index is 9.94. The molecule has 1 saturated heterocycles. The van der Waals surface area contributed by atoms with Crippen molar-refractivity contribution in [1.82, 2.24) is 4.90 Å². The molecule has 2 rings (SSSR count). The van der Waals surface area contributed by atoms with Crippen LogP contribution in [0.1, 0.15) is 44.2 Å². The minimum absolute atomic E-state index is 0.449. The standard InChI is InChI=1S/C17H27NO2/c1-5-17(19)11-18(12-17)8-9-20-15-6-7-16(13(2)3)14(4)10-15/h6-7,10,13,19H,5,8-9,11-12H2,1-4H3. The van der Waals surface area contributed by atoms with Gasteiger partial charge in [-0.05, 0) is 42.5 Å². The van der Waals surface area contributed by atoms with Crippen molar-refractivity contribution in [3.8, 4) is 5.75 Å². The normalized spacial score (nSPS) is 18.1. The minimum Gasteiger partial charge on any atom is -0.492 e. The van der Waals surface area contributed by atoms with Gasteiger partial charge in [0.15, 0.2) is 0 Å². The molecule has 0 aromatic heterocycles. The molecule has 0 saturated carbocycles. The van der Waals surface area contributed by atoms with Crippen molar-refractivity contribution in [2.24, 2.45) is 0 Å². The van der Waals surface area contributed by atoms with Crippen LogP contribution in [-0.4, -0.2) is 41.8 Å². The monoisotopic (exact) mass is 277 g/mol. The lowest BCUT2D eigenvalue weighted by Gasteiger charge is -2.46. The average Bonchev–Trinajstić information content (AvgIpc) is 2.36. The molecule has 1 aromatic rings. The molecule has 112 valence electrons. The number of nitrogens with zero attached hydrogens (tertiary/aromatic N) is 1. The van der Waals surface area contributed by atoms with Crippen LogP contribution in [-0.2, 0) is 0 Å². The van der Waals surface area contributed by atoms with Gasteiger partial charge >= 0.3 is 0 Å². The maximum Gasteiger partial charge on any atom is 0.119 e. The lowest BCUT2D eigenvalue weighted by Crippen LogP contribution is -2.61. The van der Waals surface area contributed by atoms with Crippen molar-refractivity contribution >= 4 is 0 Å². The summed E-state index contributed by atoms with van der Waals surface area (Å²) in [4.78, 5) is 2.23. The van der Waals surface area contributed by atoms with Gasteiger partial charge in [0, 0.05) is 19.6 Å². The Balaban J connectivity index is 1.77. The van der Waals surface area contributed by atoms with Gasteiger partial charge in [-0.1, -0.05) is 26.8 Å². The third-order valence-electron chi connectivity index (χ3n) is 4.23. The van der Waals surface area contributed by atoms with Crippen molar-refractivity contribution in [3.05, 3.63) is 29.3 Å². The molecule has 1 aliphatic rings. The molecule has 0 atom stereocenters. The molecule has 1 aliphatic heterocycles. The Kier molecular flexibility index (Phi) is 4.71. The Hall–Kier alpha value is -1.06. The van der Waals surface area contributed by atoms with Crippen molar-refractivity contribution in [3.63, 3.8) is 0 Å². The first-order valence-electron chi connectivity index (χ1n) is 7.61. The fraction of sp³-hybridized carbons (Fsp3) is 0.647. The van der Waals surface area contributed by atoms with Gasteiger partial charge in [-0.2, -0.15) is 0 Å². The highest BCUT2D eigenvalue weighted by molar-refractivity contribution is 5.36. The summed E-state index contributed by atoms with van der Waals surface area (Å²) in [6.45, 7) is 11.7. The summed E-state index contributed by atoms with van der Waals surface area (Å²) in [5.74, 6) is 1.50. The summed E-state index contributed by atoms with van der Waals surface area (Å²) < 4.78 is 5.81. The number of hydrogen-bond donors (Lipinski definition) is 1. The van der Waals surface area contributed by atoms with Crippen LogP contribution in [0.15, 0.2) is 18.2 Å². The van der Waals surface area contributed by atoms with Crippen LogP contribution in [0.5, 0.6) is 5.75 Å². The lowest BCUT2D eigenvalue weighted by molar-refractivity contribution is -0.102. The SMILES string of the molecule is CCC1(O)CN(CCOc2ccc(C(C)C)c(C)c2)C1. The molecular formula is C17H27NO2. The van der Waals surface area contributed by atoms with Crippen molar-refractivity contribution in [1.29, 1.82) is 0 Å². The maximum atomic E-state index is 9.94. The molecule has 0 spiro atoms. The summed E-state index contributed by atoms with van der Waals surface area (Å²) in [6, 6.07) is 6.34. The molecule has 1 aromatic carbocycles. The summed E-state index contributed by atoms with van der Waals surface area (Å²) in [5, 5.41) is 9.94. The quantitative estimate of drug-likeness (QED) is 0.867. The van der Waals surface area contributed by atoms with Crippen LogP contribution in [0.3, 0.4) is 0 Å². The van der Waals surface area contributed by atoms with E-state index in [0.29, 0.717) is 12.5 Å². The average molecular weight is 277 g/mol. The smallest absolute Gasteiger partial charge is 0.119 e. The van der Waals surface area contributed by atoms with Gasteiger partial charge in [-0.25, -0.2) is 0 Å². The van der Waals surface area contributed by atoms with Crippen molar-refractivity contribution < 1.29 is 9.84 Å². The van der Waals surface area contributed by atoms with E-state index in [4.69, 9.17) is 4.74 Å². The Morgan fingerprint density at radius 3 is 2.60 bits per heavy atom. The third-order valence-corrected chi connectivity index (χ3v) is 4.23.